The number of amides is 2. The number of carbonyl (C=O) groups is 2. The average Bonchev–Trinajstić information content (AvgIpc) is 3.08. The lowest BCUT2D eigenvalue weighted by Gasteiger charge is -2.23. The standard InChI is InChI=1S/C23H21ClN2O3S/c1-15(27)25-11-12-26(19-8-4-3-7-18(19)24)23(28)21-14-16-10-13-29-20-9-5-2-6-17(20)22(16)30-21/h2-9,14H,10-13H2,1H3,(H,25,27). The molecule has 0 saturated heterocycles. The highest BCUT2D eigenvalue weighted by atomic mass is 35.5. The second-order valence-corrected chi connectivity index (χ2v) is 8.41. The maximum absolute atomic E-state index is 13.5. The van der Waals surface area contributed by atoms with Gasteiger partial charge in [0.2, 0.25) is 5.91 Å². The van der Waals surface area contributed by atoms with Crippen molar-refractivity contribution in [3.63, 3.8) is 0 Å². The summed E-state index contributed by atoms with van der Waals surface area (Å²) in [6.07, 6.45) is 0.742. The second-order valence-electron chi connectivity index (χ2n) is 6.95. The summed E-state index contributed by atoms with van der Waals surface area (Å²) in [5.41, 5.74) is 2.74. The predicted octanol–water partition coefficient (Wildman–Crippen LogP) is 4.79. The number of fused-ring (bicyclic) bond motifs is 3. The van der Waals surface area contributed by atoms with E-state index in [1.807, 2.05) is 48.5 Å². The van der Waals surface area contributed by atoms with Gasteiger partial charge in [0.15, 0.2) is 0 Å². The van der Waals surface area contributed by atoms with Gasteiger partial charge in [0.05, 0.1) is 22.2 Å². The van der Waals surface area contributed by atoms with E-state index in [1.54, 1.807) is 11.0 Å². The molecule has 7 heteroatoms. The molecule has 0 fully saturated rings. The molecular weight excluding hydrogens is 420 g/mol. The fraction of sp³-hybridized carbons (Fsp3) is 0.217. The number of para-hydroxylation sites is 2. The first-order chi connectivity index (χ1) is 14.5. The number of nitrogens with one attached hydrogen (secondary N) is 1. The average molecular weight is 441 g/mol. The first-order valence-electron chi connectivity index (χ1n) is 9.70. The molecule has 0 atom stereocenters. The highest BCUT2D eigenvalue weighted by Crippen LogP contribution is 2.41. The molecule has 3 aromatic rings. The van der Waals surface area contributed by atoms with E-state index < -0.39 is 0 Å². The smallest absolute Gasteiger partial charge is 0.268 e. The molecule has 1 N–H and O–H groups in total. The van der Waals surface area contributed by atoms with Crippen molar-refractivity contribution < 1.29 is 14.3 Å². The number of halogens is 1. The molecule has 0 unspecified atom stereocenters. The lowest BCUT2D eigenvalue weighted by Crippen LogP contribution is -2.38. The Bertz CT molecular complexity index is 1100. The third-order valence-electron chi connectivity index (χ3n) is 4.88. The van der Waals surface area contributed by atoms with Gasteiger partial charge in [0, 0.05) is 36.9 Å². The van der Waals surface area contributed by atoms with Crippen LogP contribution in [-0.2, 0) is 11.2 Å². The van der Waals surface area contributed by atoms with Crippen LogP contribution in [0, 0.1) is 0 Å². The van der Waals surface area contributed by atoms with E-state index in [2.05, 4.69) is 5.32 Å². The molecule has 0 saturated carbocycles. The predicted molar refractivity (Wildman–Crippen MR) is 121 cm³/mol. The van der Waals surface area contributed by atoms with Gasteiger partial charge >= 0.3 is 0 Å². The van der Waals surface area contributed by atoms with Crippen molar-refractivity contribution in [3.05, 3.63) is 70.1 Å². The molecule has 5 nitrogen and oxygen atoms in total. The number of carbonyl (C=O) groups excluding carboxylic acids is 2. The zero-order valence-electron chi connectivity index (χ0n) is 16.5. The number of ether oxygens (including phenoxy) is 1. The van der Waals surface area contributed by atoms with Gasteiger partial charge in [-0.15, -0.1) is 11.3 Å². The summed E-state index contributed by atoms with van der Waals surface area (Å²) in [7, 11) is 0. The van der Waals surface area contributed by atoms with Crippen molar-refractivity contribution >= 4 is 40.4 Å². The number of rotatable bonds is 5. The minimum Gasteiger partial charge on any atom is -0.493 e. The van der Waals surface area contributed by atoms with Crippen LogP contribution in [0.3, 0.4) is 0 Å². The third kappa shape index (κ3) is 4.20. The van der Waals surface area contributed by atoms with Crippen molar-refractivity contribution in [2.75, 3.05) is 24.6 Å². The van der Waals surface area contributed by atoms with Gasteiger partial charge in [-0.1, -0.05) is 35.9 Å². The maximum atomic E-state index is 13.5. The van der Waals surface area contributed by atoms with Crippen LogP contribution in [0.2, 0.25) is 5.02 Å². The first-order valence-corrected chi connectivity index (χ1v) is 10.9. The molecule has 2 amide bonds. The quantitative estimate of drug-likeness (QED) is 0.620. The van der Waals surface area contributed by atoms with Gasteiger partial charge in [-0.05, 0) is 35.9 Å². The summed E-state index contributed by atoms with van der Waals surface area (Å²) in [5.74, 6) is 0.566. The Hall–Kier alpha value is -2.83. The van der Waals surface area contributed by atoms with E-state index in [-0.39, 0.29) is 11.8 Å². The van der Waals surface area contributed by atoms with E-state index in [0.29, 0.717) is 35.3 Å². The fourth-order valence-electron chi connectivity index (χ4n) is 3.48. The zero-order valence-corrected chi connectivity index (χ0v) is 18.1. The lowest BCUT2D eigenvalue weighted by atomic mass is 10.1. The van der Waals surface area contributed by atoms with Crippen molar-refractivity contribution in [1.82, 2.24) is 5.32 Å². The van der Waals surface area contributed by atoms with Gasteiger partial charge in [-0.3, -0.25) is 9.59 Å². The Morgan fingerprint density at radius 2 is 1.93 bits per heavy atom. The molecule has 4 rings (SSSR count). The highest BCUT2D eigenvalue weighted by Gasteiger charge is 2.25. The molecule has 1 aliphatic heterocycles. The molecule has 0 spiro atoms. The lowest BCUT2D eigenvalue weighted by molar-refractivity contribution is -0.118. The minimum atomic E-state index is -0.138. The molecule has 0 aliphatic carbocycles. The molecule has 1 aromatic heterocycles. The number of hydrogen-bond donors (Lipinski definition) is 1. The van der Waals surface area contributed by atoms with Gasteiger partial charge in [0.1, 0.15) is 5.75 Å². The maximum Gasteiger partial charge on any atom is 0.268 e. The summed E-state index contributed by atoms with van der Waals surface area (Å²) in [4.78, 5) is 28.2. The van der Waals surface area contributed by atoms with E-state index >= 15 is 0 Å². The van der Waals surface area contributed by atoms with Crippen LogP contribution in [0.5, 0.6) is 5.75 Å². The van der Waals surface area contributed by atoms with Crippen LogP contribution in [0.1, 0.15) is 22.2 Å². The third-order valence-corrected chi connectivity index (χ3v) is 6.40. The zero-order chi connectivity index (χ0) is 21.1. The minimum absolute atomic E-state index is 0.134. The molecule has 1 aliphatic rings. The number of benzene rings is 2. The number of thiophene rings is 1. The largest absolute Gasteiger partial charge is 0.493 e. The second kappa shape index (κ2) is 8.90. The van der Waals surface area contributed by atoms with E-state index in [9.17, 15) is 9.59 Å². The molecule has 0 radical (unpaired) electrons. The van der Waals surface area contributed by atoms with Crippen molar-refractivity contribution in [3.8, 4) is 16.2 Å². The molecule has 2 heterocycles. The molecule has 154 valence electrons. The number of hydrogen-bond acceptors (Lipinski definition) is 4. The van der Waals surface area contributed by atoms with Crippen LogP contribution < -0.4 is 15.0 Å². The topological polar surface area (TPSA) is 58.6 Å². The summed E-state index contributed by atoms with van der Waals surface area (Å²) >= 11 is 7.85. The van der Waals surface area contributed by atoms with Crippen LogP contribution in [0.25, 0.3) is 10.4 Å². The van der Waals surface area contributed by atoms with Gasteiger partial charge in [-0.2, -0.15) is 0 Å². The van der Waals surface area contributed by atoms with Crippen LogP contribution in [0.15, 0.2) is 54.6 Å². The van der Waals surface area contributed by atoms with Crippen LogP contribution in [-0.4, -0.2) is 31.5 Å². The first kappa shape index (κ1) is 20.4. The van der Waals surface area contributed by atoms with E-state index in [1.165, 1.54) is 18.3 Å². The monoisotopic (exact) mass is 440 g/mol. The Morgan fingerprint density at radius 1 is 1.17 bits per heavy atom. The summed E-state index contributed by atoms with van der Waals surface area (Å²) in [6, 6.07) is 17.1. The van der Waals surface area contributed by atoms with E-state index in [4.69, 9.17) is 16.3 Å². The number of anilines is 1. The molecule has 2 aromatic carbocycles. The molecule has 30 heavy (non-hydrogen) atoms. The van der Waals surface area contributed by atoms with E-state index in [0.717, 1.165) is 28.2 Å². The summed E-state index contributed by atoms with van der Waals surface area (Å²) < 4.78 is 5.85. The molecular formula is C23H21ClN2O3S. The van der Waals surface area contributed by atoms with Gasteiger partial charge < -0.3 is 15.0 Å². The SMILES string of the molecule is CC(=O)NCCN(C(=O)c1cc2c(s1)-c1ccccc1OCC2)c1ccccc1Cl. The Morgan fingerprint density at radius 3 is 2.73 bits per heavy atom. The summed E-state index contributed by atoms with van der Waals surface area (Å²) in [5, 5.41) is 3.24. The van der Waals surface area contributed by atoms with Crippen molar-refractivity contribution in [2.45, 2.75) is 13.3 Å². The fourth-order valence-corrected chi connectivity index (χ4v) is 4.90. The van der Waals surface area contributed by atoms with Crippen LogP contribution in [0.4, 0.5) is 5.69 Å². The normalized spacial score (nSPS) is 12.2. The van der Waals surface area contributed by atoms with Crippen molar-refractivity contribution in [1.29, 1.82) is 0 Å². The molecule has 0 bridgehead atoms. The number of nitrogens with zero attached hydrogens (tertiary/aromatic N) is 1. The highest BCUT2D eigenvalue weighted by molar-refractivity contribution is 7.17. The van der Waals surface area contributed by atoms with Gasteiger partial charge in [0.25, 0.3) is 5.91 Å². The van der Waals surface area contributed by atoms with Crippen molar-refractivity contribution in [2.24, 2.45) is 0 Å². The Kier molecular flexibility index (Phi) is 6.06. The Labute approximate surface area is 184 Å². The summed E-state index contributed by atoms with van der Waals surface area (Å²) in [6.45, 7) is 2.70. The van der Waals surface area contributed by atoms with Crippen LogP contribution >= 0.6 is 22.9 Å². The van der Waals surface area contributed by atoms with Gasteiger partial charge in [-0.25, -0.2) is 0 Å². The Balaban J connectivity index is 1.69.